The quantitative estimate of drug-likeness (QED) is 0.861. The molecule has 0 aliphatic carbocycles. The molecule has 0 aromatic heterocycles. The summed E-state index contributed by atoms with van der Waals surface area (Å²) < 4.78 is 5.40. The van der Waals surface area contributed by atoms with Crippen molar-refractivity contribution in [2.45, 2.75) is 13.2 Å². The summed E-state index contributed by atoms with van der Waals surface area (Å²) in [5.41, 5.74) is 8.99. The number of amides is 1. The van der Waals surface area contributed by atoms with E-state index in [1.807, 2.05) is 42.5 Å². The fraction of sp³-hybridized carbons (Fsp3) is 0.286. The highest BCUT2D eigenvalue weighted by molar-refractivity contribution is 5.68. The summed E-state index contributed by atoms with van der Waals surface area (Å²) >= 11 is 0. The minimum atomic E-state index is -0.241. The molecule has 0 atom stereocenters. The maximum Gasteiger partial charge on any atom is 0.410 e. The Balaban J connectivity index is 0.00000117. The van der Waals surface area contributed by atoms with Crippen molar-refractivity contribution < 1.29 is 9.53 Å². The summed E-state index contributed by atoms with van der Waals surface area (Å²) in [6.45, 7) is 3.79. The number of hydrogen-bond acceptors (Lipinski definition) is 4. The van der Waals surface area contributed by atoms with Gasteiger partial charge < -0.3 is 20.3 Å². The summed E-state index contributed by atoms with van der Waals surface area (Å²) in [5, 5.41) is 0. The first-order valence-corrected chi connectivity index (χ1v) is 8.59. The molecule has 0 unspecified atom stereocenters. The molecule has 26 heavy (non-hydrogen) atoms. The van der Waals surface area contributed by atoms with Crippen molar-refractivity contribution in [3.05, 3.63) is 65.7 Å². The Morgan fingerprint density at radius 3 is 2.27 bits per heavy atom. The summed E-state index contributed by atoms with van der Waals surface area (Å²) in [6, 6.07) is 18.0. The first-order chi connectivity index (χ1) is 12.8. The van der Waals surface area contributed by atoms with Gasteiger partial charge >= 0.3 is 6.09 Å². The van der Waals surface area contributed by atoms with E-state index >= 15 is 0 Å². The molecule has 0 bridgehead atoms. The van der Waals surface area contributed by atoms with Crippen molar-refractivity contribution in [1.29, 1.82) is 0 Å². The smallest absolute Gasteiger partial charge is 0.410 e. The fourth-order valence-corrected chi connectivity index (χ4v) is 2.84. The molecule has 0 radical (unpaired) electrons. The van der Waals surface area contributed by atoms with Crippen molar-refractivity contribution in [2.24, 2.45) is 5.73 Å². The van der Waals surface area contributed by atoms with Gasteiger partial charge in [0.15, 0.2) is 0 Å². The maximum absolute atomic E-state index is 12.2. The minimum absolute atomic E-state index is 0.241. The Morgan fingerprint density at radius 1 is 0.962 bits per heavy atom. The van der Waals surface area contributed by atoms with Crippen molar-refractivity contribution in [3.63, 3.8) is 0 Å². The van der Waals surface area contributed by atoms with Crippen LogP contribution in [0.3, 0.4) is 0 Å². The number of nitrogens with two attached hydrogens (primary N) is 1. The summed E-state index contributed by atoms with van der Waals surface area (Å²) in [7, 11) is 0. The van der Waals surface area contributed by atoms with E-state index in [-0.39, 0.29) is 6.09 Å². The molecule has 3 rings (SSSR count). The average Bonchev–Trinajstić information content (AvgIpc) is 2.74. The van der Waals surface area contributed by atoms with Crippen LogP contribution in [0, 0.1) is 12.8 Å². The van der Waals surface area contributed by atoms with Crippen LogP contribution in [0.5, 0.6) is 0 Å². The number of ether oxygens (including phenoxy) is 1. The molecule has 0 saturated carbocycles. The molecule has 1 fully saturated rings. The Morgan fingerprint density at radius 2 is 1.62 bits per heavy atom. The van der Waals surface area contributed by atoms with Crippen LogP contribution in [0.15, 0.2) is 54.6 Å². The Bertz CT molecular complexity index is 707. The van der Waals surface area contributed by atoms with E-state index in [1.54, 1.807) is 4.90 Å². The highest BCUT2D eigenvalue weighted by atomic mass is 16.6. The zero-order chi connectivity index (χ0) is 18.8. The average molecular weight is 351 g/mol. The number of benzene rings is 2. The van der Waals surface area contributed by atoms with Gasteiger partial charge in [-0.3, -0.25) is 0 Å². The Kier molecular flexibility index (Phi) is 7.53. The molecule has 5 heteroatoms. The fourth-order valence-electron chi connectivity index (χ4n) is 2.84. The largest absolute Gasteiger partial charge is 0.445 e. The molecule has 0 spiro atoms. The molecule has 1 amide bonds. The normalized spacial score (nSPS) is 13.5. The van der Waals surface area contributed by atoms with Gasteiger partial charge in [0.05, 0.1) is 0 Å². The topological polar surface area (TPSA) is 58.8 Å². The van der Waals surface area contributed by atoms with Gasteiger partial charge in [0.1, 0.15) is 6.61 Å². The molecule has 1 aliphatic rings. The van der Waals surface area contributed by atoms with Crippen molar-refractivity contribution in [3.8, 4) is 12.8 Å². The van der Waals surface area contributed by atoms with Gasteiger partial charge in [-0.15, -0.1) is 12.8 Å². The lowest BCUT2D eigenvalue weighted by Gasteiger charge is -2.35. The van der Waals surface area contributed by atoms with Crippen molar-refractivity contribution in [1.82, 2.24) is 4.90 Å². The lowest BCUT2D eigenvalue weighted by molar-refractivity contribution is 0.0942. The van der Waals surface area contributed by atoms with Crippen LogP contribution in [-0.4, -0.2) is 37.2 Å². The monoisotopic (exact) mass is 351 g/mol. The van der Waals surface area contributed by atoms with Gasteiger partial charge in [0, 0.05) is 38.4 Å². The molecule has 1 aliphatic heterocycles. The molecule has 2 aromatic rings. The van der Waals surface area contributed by atoms with Crippen LogP contribution < -0.4 is 10.6 Å². The maximum atomic E-state index is 12.2. The zero-order valence-electron chi connectivity index (χ0n) is 14.9. The predicted molar refractivity (Wildman–Crippen MR) is 105 cm³/mol. The van der Waals surface area contributed by atoms with Crippen LogP contribution in [0.1, 0.15) is 11.1 Å². The predicted octanol–water partition coefficient (Wildman–Crippen LogP) is 2.85. The Labute approximate surface area is 155 Å². The number of anilines is 1. The summed E-state index contributed by atoms with van der Waals surface area (Å²) in [6.07, 6.45) is 7.76. The third kappa shape index (κ3) is 5.27. The molecular formula is C21H25N3O2. The van der Waals surface area contributed by atoms with Gasteiger partial charge in [0.2, 0.25) is 0 Å². The molecular weight excluding hydrogens is 326 g/mol. The lowest BCUT2D eigenvalue weighted by atomic mass is 10.1. The second-order valence-corrected chi connectivity index (χ2v) is 5.89. The van der Waals surface area contributed by atoms with Crippen LogP contribution in [-0.2, 0) is 17.9 Å². The summed E-state index contributed by atoms with van der Waals surface area (Å²) in [4.78, 5) is 16.2. The SMILES string of the molecule is C#C.NCc1cccc(N2CCN(C(=O)OCc3ccccc3)CC2)c1. The lowest BCUT2D eigenvalue weighted by Crippen LogP contribution is -2.49. The summed E-state index contributed by atoms with van der Waals surface area (Å²) in [5.74, 6) is 0. The number of piperazine rings is 1. The standard InChI is InChI=1S/C19H23N3O2.C2H2/c20-14-17-7-4-8-18(13-17)21-9-11-22(12-10-21)19(23)24-15-16-5-2-1-3-6-16;1-2/h1-8,13H,9-12,14-15,20H2;1-2H. The van der Waals surface area contributed by atoms with Gasteiger partial charge in [0.25, 0.3) is 0 Å². The first-order valence-electron chi connectivity index (χ1n) is 8.59. The number of carbonyl (C=O) groups excluding carboxylic acids is 1. The first kappa shape index (κ1) is 19.4. The van der Waals surface area contributed by atoms with E-state index in [0.29, 0.717) is 26.2 Å². The molecule has 1 heterocycles. The molecule has 2 N–H and O–H groups in total. The number of hydrogen-bond donors (Lipinski definition) is 1. The van der Waals surface area contributed by atoms with E-state index in [1.165, 1.54) is 0 Å². The van der Waals surface area contributed by atoms with Crippen LogP contribution in [0.25, 0.3) is 0 Å². The van der Waals surface area contributed by atoms with Gasteiger partial charge in [-0.25, -0.2) is 4.79 Å². The number of nitrogens with zero attached hydrogens (tertiary/aromatic N) is 2. The van der Waals surface area contributed by atoms with Crippen molar-refractivity contribution in [2.75, 3.05) is 31.1 Å². The van der Waals surface area contributed by atoms with Gasteiger partial charge in [-0.2, -0.15) is 0 Å². The van der Waals surface area contributed by atoms with Crippen LogP contribution >= 0.6 is 0 Å². The molecule has 2 aromatic carbocycles. The third-order valence-electron chi connectivity index (χ3n) is 4.25. The number of terminal acetylenes is 1. The molecule has 5 nitrogen and oxygen atoms in total. The Hall–Kier alpha value is -2.97. The molecule has 1 saturated heterocycles. The van der Waals surface area contributed by atoms with Crippen LogP contribution in [0.4, 0.5) is 10.5 Å². The van der Waals surface area contributed by atoms with Crippen LogP contribution in [0.2, 0.25) is 0 Å². The van der Waals surface area contributed by atoms with Gasteiger partial charge in [-0.1, -0.05) is 42.5 Å². The van der Waals surface area contributed by atoms with E-state index in [2.05, 4.69) is 29.9 Å². The number of rotatable bonds is 4. The highest BCUT2D eigenvalue weighted by Crippen LogP contribution is 2.18. The second kappa shape index (κ2) is 10.1. The zero-order valence-corrected chi connectivity index (χ0v) is 14.9. The van der Waals surface area contributed by atoms with E-state index in [4.69, 9.17) is 10.5 Å². The second-order valence-electron chi connectivity index (χ2n) is 5.89. The van der Waals surface area contributed by atoms with Crippen molar-refractivity contribution >= 4 is 11.8 Å². The molecule has 136 valence electrons. The highest BCUT2D eigenvalue weighted by Gasteiger charge is 2.22. The van der Waals surface area contributed by atoms with Gasteiger partial charge in [-0.05, 0) is 23.3 Å². The van der Waals surface area contributed by atoms with E-state index in [9.17, 15) is 4.79 Å². The minimum Gasteiger partial charge on any atom is -0.445 e. The van der Waals surface area contributed by atoms with E-state index < -0.39 is 0 Å². The third-order valence-corrected chi connectivity index (χ3v) is 4.25. The van der Waals surface area contributed by atoms with E-state index in [0.717, 1.165) is 29.9 Å². The number of carbonyl (C=O) groups is 1.